The normalized spacial score (nSPS) is 14.2. The number of nitrogens with one attached hydrogen (secondary N) is 1. The van der Waals surface area contributed by atoms with Crippen LogP contribution >= 0.6 is 0 Å². The van der Waals surface area contributed by atoms with Crippen LogP contribution in [0.15, 0.2) is 18.2 Å². The van der Waals surface area contributed by atoms with Crippen LogP contribution < -0.4 is 4.72 Å². The van der Waals surface area contributed by atoms with Crippen LogP contribution in [0.5, 0.6) is 0 Å². The highest BCUT2D eigenvalue weighted by Crippen LogP contribution is 2.25. The van der Waals surface area contributed by atoms with Crippen molar-refractivity contribution in [2.45, 2.75) is 19.3 Å². The highest BCUT2D eigenvalue weighted by Gasteiger charge is 2.13. The van der Waals surface area contributed by atoms with Crippen LogP contribution in [0.25, 0.3) is 0 Å². The van der Waals surface area contributed by atoms with Crippen molar-refractivity contribution >= 4 is 15.7 Å². The lowest BCUT2D eigenvalue weighted by Gasteiger charge is -2.07. The molecule has 0 radical (unpaired) electrons. The monoisotopic (exact) mass is 236 g/mol. The molecule has 5 heteroatoms. The van der Waals surface area contributed by atoms with Crippen molar-refractivity contribution in [2.24, 2.45) is 0 Å². The third-order valence-corrected chi connectivity index (χ3v) is 3.68. The molecule has 0 heterocycles. The highest BCUT2D eigenvalue weighted by atomic mass is 32.2. The summed E-state index contributed by atoms with van der Waals surface area (Å²) in [4.78, 5) is 0. The molecular weight excluding hydrogens is 224 g/mol. The zero-order chi connectivity index (χ0) is 11.6. The molecule has 0 aromatic heterocycles. The zero-order valence-corrected chi connectivity index (χ0v) is 9.55. The fraction of sp³-hybridized carbons (Fsp3) is 0.364. The average molecular weight is 236 g/mol. The number of anilines is 1. The zero-order valence-electron chi connectivity index (χ0n) is 8.73. The topological polar surface area (TPSA) is 70.0 Å². The molecule has 16 heavy (non-hydrogen) atoms. The summed E-state index contributed by atoms with van der Waals surface area (Å²) in [6.45, 7) is 0. The van der Waals surface area contributed by atoms with Gasteiger partial charge in [-0.2, -0.15) is 5.26 Å². The van der Waals surface area contributed by atoms with Crippen LogP contribution in [-0.4, -0.2) is 14.2 Å². The van der Waals surface area contributed by atoms with Gasteiger partial charge in [-0.05, 0) is 42.5 Å². The molecule has 0 amide bonds. The van der Waals surface area contributed by atoms with E-state index in [1.165, 1.54) is 11.1 Å². The summed E-state index contributed by atoms with van der Waals surface area (Å²) in [5, 5.41) is 8.37. The molecule has 0 spiro atoms. The fourth-order valence-electron chi connectivity index (χ4n) is 1.94. The largest absolute Gasteiger partial charge is 0.283 e. The SMILES string of the molecule is N#CCS(=O)(=O)Nc1ccc2c(c1)CCC2. The van der Waals surface area contributed by atoms with Gasteiger partial charge in [0.25, 0.3) is 0 Å². The van der Waals surface area contributed by atoms with Gasteiger partial charge in [0, 0.05) is 5.69 Å². The summed E-state index contributed by atoms with van der Waals surface area (Å²) >= 11 is 0. The summed E-state index contributed by atoms with van der Waals surface area (Å²) in [7, 11) is -3.51. The number of nitriles is 1. The van der Waals surface area contributed by atoms with Gasteiger partial charge in [0.1, 0.15) is 0 Å². The maximum Gasteiger partial charge on any atom is 0.246 e. The lowest BCUT2D eigenvalue weighted by Crippen LogP contribution is -2.15. The summed E-state index contributed by atoms with van der Waals surface area (Å²) < 4.78 is 25.1. The Morgan fingerprint density at radius 3 is 2.81 bits per heavy atom. The third-order valence-electron chi connectivity index (χ3n) is 2.63. The lowest BCUT2D eigenvalue weighted by molar-refractivity contribution is 0.604. The van der Waals surface area contributed by atoms with E-state index in [1.807, 2.05) is 12.1 Å². The van der Waals surface area contributed by atoms with Crippen molar-refractivity contribution < 1.29 is 8.42 Å². The Morgan fingerprint density at radius 2 is 2.06 bits per heavy atom. The Labute approximate surface area is 95.0 Å². The first kappa shape index (κ1) is 11.0. The lowest BCUT2D eigenvalue weighted by atomic mass is 10.1. The molecule has 1 aliphatic carbocycles. The van der Waals surface area contributed by atoms with E-state index in [0.717, 1.165) is 19.3 Å². The van der Waals surface area contributed by atoms with Crippen LogP contribution in [0.4, 0.5) is 5.69 Å². The van der Waals surface area contributed by atoms with E-state index < -0.39 is 15.8 Å². The van der Waals surface area contributed by atoms with Crippen molar-refractivity contribution in [3.8, 4) is 6.07 Å². The van der Waals surface area contributed by atoms with Crippen LogP contribution in [0.1, 0.15) is 17.5 Å². The van der Waals surface area contributed by atoms with Gasteiger partial charge in [-0.25, -0.2) is 8.42 Å². The molecule has 0 bridgehead atoms. The molecule has 1 N–H and O–H groups in total. The first-order valence-corrected chi connectivity index (χ1v) is 6.75. The van der Waals surface area contributed by atoms with E-state index in [0.29, 0.717) is 5.69 Å². The maximum absolute atomic E-state index is 11.4. The number of benzene rings is 1. The van der Waals surface area contributed by atoms with Crippen LogP contribution in [-0.2, 0) is 22.9 Å². The number of sulfonamides is 1. The van der Waals surface area contributed by atoms with Crippen LogP contribution in [0.2, 0.25) is 0 Å². The summed E-state index contributed by atoms with van der Waals surface area (Å²) in [5.41, 5.74) is 3.05. The first-order valence-electron chi connectivity index (χ1n) is 5.10. The van der Waals surface area contributed by atoms with E-state index in [9.17, 15) is 8.42 Å². The molecule has 0 saturated carbocycles. The Balaban J connectivity index is 2.21. The van der Waals surface area contributed by atoms with Crippen molar-refractivity contribution in [1.82, 2.24) is 0 Å². The first-order chi connectivity index (χ1) is 7.61. The van der Waals surface area contributed by atoms with Gasteiger partial charge in [0.2, 0.25) is 10.0 Å². The summed E-state index contributed by atoms with van der Waals surface area (Å²) in [6.07, 6.45) is 3.20. The molecule has 1 aromatic carbocycles. The van der Waals surface area contributed by atoms with Gasteiger partial charge >= 0.3 is 0 Å². The Morgan fingerprint density at radius 1 is 1.31 bits per heavy atom. The molecule has 1 aliphatic rings. The van der Waals surface area contributed by atoms with Gasteiger partial charge in [-0.3, -0.25) is 4.72 Å². The van der Waals surface area contributed by atoms with E-state index in [4.69, 9.17) is 5.26 Å². The van der Waals surface area contributed by atoms with Crippen molar-refractivity contribution in [3.05, 3.63) is 29.3 Å². The number of rotatable bonds is 3. The molecule has 0 atom stereocenters. The van der Waals surface area contributed by atoms with E-state index in [-0.39, 0.29) is 0 Å². The Kier molecular flexibility index (Phi) is 2.84. The summed E-state index contributed by atoms with van der Waals surface area (Å²) in [5.74, 6) is -0.510. The van der Waals surface area contributed by atoms with Crippen LogP contribution in [0, 0.1) is 11.3 Å². The quantitative estimate of drug-likeness (QED) is 0.863. The number of nitrogens with zero attached hydrogens (tertiary/aromatic N) is 1. The number of hydrogen-bond donors (Lipinski definition) is 1. The maximum atomic E-state index is 11.4. The third kappa shape index (κ3) is 2.34. The van der Waals surface area contributed by atoms with E-state index in [2.05, 4.69) is 4.72 Å². The second kappa shape index (κ2) is 4.14. The predicted octanol–water partition coefficient (Wildman–Crippen LogP) is 1.44. The Hall–Kier alpha value is -1.54. The van der Waals surface area contributed by atoms with Gasteiger partial charge in [0.15, 0.2) is 5.75 Å². The minimum atomic E-state index is -3.51. The molecule has 84 valence electrons. The average Bonchev–Trinajstić information content (AvgIpc) is 2.63. The molecule has 4 nitrogen and oxygen atoms in total. The molecule has 1 aromatic rings. The minimum Gasteiger partial charge on any atom is -0.283 e. The molecule has 0 unspecified atom stereocenters. The van der Waals surface area contributed by atoms with E-state index in [1.54, 1.807) is 12.1 Å². The second-order valence-corrected chi connectivity index (χ2v) is 5.58. The molecular formula is C11H12N2O2S. The van der Waals surface area contributed by atoms with Gasteiger partial charge in [0.05, 0.1) is 6.07 Å². The van der Waals surface area contributed by atoms with Gasteiger partial charge < -0.3 is 0 Å². The van der Waals surface area contributed by atoms with Gasteiger partial charge in [-0.15, -0.1) is 0 Å². The van der Waals surface area contributed by atoms with E-state index >= 15 is 0 Å². The molecule has 0 saturated heterocycles. The smallest absolute Gasteiger partial charge is 0.246 e. The van der Waals surface area contributed by atoms with Crippen molar-refractivity contribution in [2.75, 3.05) is 10.5 Å². The number of hydrogen-bond acceptors (Lipinski definition) is 3. The minimum absolute atomic E-state index is 0.510. The standard InChI is InChI=1S/C11H12N2O2S/c12-6-7-16(14,15)13-11-5-4-9-2-1-3-10(9)8-11/h4-5,8,13H,1-3,7H2. The fourth-order valence-corrected chi connectivity index (χ4v) is 2.66. The molecule has 2 rings (SSSR count). The Bertz CT molecular complexity index is 544. The highest BCUT2D eigenvalue weighted by molar-refractivity contribution is 7.92. The van der Waals surface area contributed by atoms with Crippen molar-refractivity contribution in [1.29, 1.82) is 5.26 Å². The predicted molar refractivity (Wildman–Crippen MR) is 61.5 cm³/mol. The van der Waals surface area contributed by atoms with Crippen molar-refractivity contribution in [3.63, 3.8) is 0 Å². The molecule has 0 aliphatic heterocycles. The second-order valence-electron chi connectivity index (χ2n) is 3.86. The number of fused-ring (bicyclic) bond motifs is 1. The number of aryl methyl sites for hydroxylation is 2. The van der Waals surface area contributed by atoms with Crippen LogP contribution in [0.3, 0.4) is 0 Å². The summed E-state index contributed by atoms with van der Waals surface area (Å²) in [6, 6.07) is 7.19. The van der Waals surface area contributed by atoms with Gasteiger partial charge in [-0.1, -0.05) is 6.07 Å². The molecule has 0 fully saturated rings.